The zero-order chi connectivity index (χ0) is 15.6. The predicted molar refractivity (Wildman–Crippen MR) is 86.6 cm³/mol. The number of likely N-dealkylation sites (N-methyl/N-ethyl adjacent to an activating group) is 1. The first-order valence-corrected chi connectivity index (χ1v) is 7.57. The topological polar surface area (TPSA) is 23.6 Å². The minimum absolute atomic E-state index is 0.00928. The van der Waals surface area contributed by atoms with Gasteiger partial charge in [-0.05, 0) is 18.7 Å². The van der Waals surface area contributed by atoms with Crippen molar-refractivity contribution < 1.29 is 4.79 Å². The largest absolute Gasteiger partial charge is 0.345 e. The zero-order valence-electron chi connectivity index (χ0n) is 13.7. The lowest BCUT2D eigenvalue weighted by atomic mass is 9.91. The Morgan fingerprint density at radius 2 is 1.81 bits per heavy atom. The van der Waals surface area contributed by atoms with Gasteiger partial charge in [-0.3, -0.25) is 4.79 Å². The quantitative estimate of drug-likeness (QED) is 0.851. The molecular formula is C18H26N2O. The lowest BCUT2D eigenvalue weighted by Crippen LogP contribution is -2.45. The van der Waals surface area contributed by atoms with E-state index in [0.29, 0.717) is 0 Å². The summed E-state index contributed by atoms with van der Waals surface area (Å²) in [6.07, 6.45) is 4.92. The summed E-state index contributed by atoms with van der Waals surface area (Å²) in [6.45, 7) is 8.55. The number of hydrogen-bond acceptors (Lipinski definition) is 2. The first-order valence-electron chi connectivity index (χ1n) is 7.57. The molecule has 2 rings (SSSR count). The molecule has 1 aromatic carbocycles. The Morgan fingerprint density at radius 3 is 2.33 bits per heavy atom. The maximum absolute atomic E-state index is 12.7. The molecule has 0 aliphatic carbocycles. The summed E-state index contributed by atoms with van der Waals surface area (Å²) in [6, 6.07) is 10.1. The third kappa shape index (κ3) is 3.12. The van der Waals surface area contributed by atoms with Gasteiger partial charge in [-0.1, -0.05) is 57.2 Å². The van der Waals surface area contributed by atoms with Gasteiger partial charge in [-0.15, -0.1) is 0 Å². The van der Waals surface area contributed by atoms with Gasteiger partial charge in [0.2, 0.25) is 5.91 Å². The third-order valence-electron chi connectivity index (χ3n) is 4.01. The van der Waals surface area contributed by atoms with Crippen molar-refractivity contribution in [1.29, 1.82) is 0 Å². The van der Waals surface area contributed by atoms with Crippen LogP contribution in [0.2, 0.25) is 0 Å². The summed E-state index contributed by atoms with van der Waals surface area (Å²) in [4.78, 5) is 16.8. The molecular weight excluding hydrogens is 260 g/mol. The van der Waals surface area contributed by atoms with Crippen LogP contribution in [0.1, 0.15) is 33.3 Å². The van der Waals surface area contributed by atoms with Crippen LogP contribution in [0.4, 0.5) is 0 Å². The maximum Gasteiger partial charge on any atom is 0.247 e. The van der Waals surface area contributed by atoms with Crippen molar-refractivity contribution in [3.63, 3.8) is 0 Å². The van der Waals surface area contributed by atoms with Crippen LogP contribution in [0, 0.1) is 5.41 Å². The van der Waals surface area contributed by atoms with Crippen molar-refractivity contribution >= 4 is 5.91 Å². The van der Waals surface area contributed by atoms with Crippen molar-refractivity contribution in [2.45, 2.75) is 46.3 Å². The summed E-state index contributed by atoms with van der Waals surface area (Å²) in [7, 11) is 1.92. The first-order chi connectivity index (χ1) is 9.86. The van der Waals surface area contributed by atoms with E-state index in [2.05, 4.69) is 44.0 Å². The second kappa shape index (κ2) is 5.92. The highest BCUT2D eigenvalue weighted by Crippen LogP contribution is 2.35. The molecule has 1 aromatic rings. The van der Waals surface area contributed by atoms with Crippen molar-refractivity contribution in [1.82, 2.24) is 9.80 Å². The van der Waals surface area contributed by atoms with Gasteiger partial charge in [0.15, 0.2) is 0 Å². The Hall–Kier alpha value is -1.77. The summed E-state index contributed by atoms with van der Waals surface area (Å²) in [5.74, 6) is 0.205. The van der Waals surface area contributed by atoms with Crippen LogP contribution in [0.3, 0.4) is 0 Å². The van der Waals surface area contributed by atoms with E-state index < -0.39 is 0 Å². The smallest absolute Gasteiger partial charge is 0.247 e. The Morgan fingerprint density at radius 1 is 1.19 bits per heavy atom. The molecule has 1 fully saturated rings. The van der Waals surface area contributed by atoms with E-state index in [-0.39, 0.29) is 23.5 Å². The fourth-order valence-corrected chi connectivity index (χ4v) is 3.27. The highest BCUT2D eigenvalue weighted by atomic mass is 16.2. The predicted octanol–water partition coefficient (Wildman–Crippen LogP) is 3.28. The number of rotatable bonds is 3. The van der Waals surface area contributed by atoms with Crippen LogP contribution in [-0.4, -0.2) is 35.0 Å². The molecule has 1 amide bonds. The Kier molecular flexibility index (Phi) is 4.40. The second-order valence-corrected chi connectivity index (χ2v) is 6.82. The maximum atomic E-state index is 12.7. The van der Waals surface area contributed by atoms with Gasteiger partial charge in [0.25, 0.3) is 0 Å². The van der Waals surface area contributed by atoms with E-state index in [1.807, 2.05) is 43.1 Å². The molecule has 0 N–H and O–H groups in total. The van der Waals surface area contributed by atoms with E-state index in [9.17, 15) is 4.79 Å². The van der Waals surface area contributed by atoms with Crippen LogP contribution >= 0.6 is 0 Å². The van der Waals surface area contributed by atoms with Crippen LogP contribution in [0.5, 0.6) is 0 Å². The van der Waals surface area contributed by atoms with Gasteiger partial charge in [-0.25, -0.2) is 0 Å². The number of nitrogens with zero attached hydrogens (tertiary/aromatic N) is 2. The standard InChI is InChI=1S/C18H26N2O/c1-6-12-20-15(13-14-10-8-7-9-11-14)16(21)19(5)17(20)18(2,3)4/h6-12,15,17H,13H2,1-5H3/b12-6+/t15-,17+/m0/s1. The summed E-state index contributed by atoms with van der Waals surface area (Å²) < 4.78 is 0. The molecule has 114 valence electrons. The molecule has 1 aliphatic heterocycles. The van der Waals surface area contributed by atoms with E-state index in [1.165, 1.54) is 5.56 Å². The molecule has 0 saturated carbocycles. The molecule has 1 saturated heterocycles. The first kappa shape index (κ1) is 15.6. The average Bonchev–Trinajstić information content (AvgIpc) is 2.65. The van der Waals surface area contributed by atoms with Gasteiger partial charge in [0.05, 0.1) is 0 Å². The molecule has 21 heavy (non-hydrogen) atoms. The Labute approximate surface area is 128 Å². The third-order valence-corrected chi connectivity index (χ3v) is 4.01. The lowest BCUT2D eigenvalue weighted by molar-refractivity contribution is -0.129. The summed E-state index contributed by atoms with van der Waals surface area (Å²) in [5, 5.41) is 0. The molecule has 3 nitrogen and oxygen atoms in total. The van der Waals surface area contributed by atoms with Crippen LogP contribution in [0.15, 0.2) is 42.6 Å². The molecule has 0 bridgehead atoms. The van der Waals surface area contributed by atoms with Crippen molar-refractivity contribution in [3.8, 4) is 0 Å². The zero-order valence-corrected chi connectivity index (χ0v) is 13.7. The number of allylic oxidation sites excluding steroid dienone is 1. The number of amides is 1. The highest BCUT2D eigenvalue weighted by Gasteiger charge is 2.47. The lowest BCUT2D eigenvalue weighted by Gasteiger charge is -2.38. The van der Waals surface area contributed by atoms with E-state index in [1.54, 1.807) is 0 Å². The molecule has 1 heterocycles. The Bertz CT molecular complexity index is 516. The number of carbonyl (C=O) groups excluding carboxylic acids is 1. The highest BCUT2D eigenvalue weighted by molar-refractivity contribution is 5.84. The fraction of sp³-hybridized carbons (Fsp3) is 0.500. The average molecular weight is 286 g/mol. The monoisotopic (exact) mass is 286 g/mol. The van der Waals surface area contributed by atoms with Crippen molar-refractivity contribution in [2.75, 3.05) is 7.05 Å². The minimum Gasteiger partial charge on any atom is -0.345 e. The molecule has 0 aromatic heterocycles. The number of carbonyl (C=O) groups is 1. The minimum atomic E-state index is -0.113. The van der Waals surface area contributed by atoms with E-state index >= 15 is 0 Å². The number of hydrogen-bond donors (Lipinski definition) is 0. The normalized spacial score (nSPS) is 23.4. The van der Waals surface area contributed by atoms with Crippen molar-refractivity contribution in [3.05, 3.63) is 48.2 Å². The molecule has 3 heteroatoms. The summed E-state index contributed by atoms with van der Waals surface area (Å²) >= 11 is 0. The molecule has 2 atom stereocenters. The molecule has 0 unspecified atom stereocenters. The molecule has 0 spiro atoms. The van der Waals surface area contributed by atoms with Gasteiger partial charge < -0.3 is 9.80 Å². The van der Waals surface area contributed by atoms with Gasteiger partial charge in [0, 0.05) is 18.9 Å². The Balaban J connectivity index is 2.33. The van der Waals surface area contributed by atoms with Gasteiger partial charge in [0.1, 0.15) is 12.2 Å². The van der Waals surface area contributed by atoms with Gasteiger partial charge in [-0.2, -0.15) is 0 Å². The molecule has 0 radical (unpaired) electrons. The SMILES string of the molecule is C/C=C/N1[C@H](C(C)(C)C)N(C)C(=O)[C@@H]1Cc1ccccc1. The van der Waals surface area contributed by atoms with Crippen LogP contribution in [0.25, 0.3) is 0 Å². The van der Waals surface area contributed by atoms with E-state index in [0.717, 1.165) is 6.42 Å². The van der Waals surface area contributed by atoms with Crippen LogP contribution in [-0.2, 0) is 11.2 Å². The summed E-state index contributed by atoms with van der Waals surface area (Å²) in [5.41, 5.74) is 1.21. The van der Waals surface area contributed by atoms with E-state index in [4.69, 9.17) is 0 Å². The van der Waals surface area contributed by atoms with Crippen LogP contribution < -0.4 is 0 Å². The second-order valence-electron chi connectivity index (χ2n) is 6.82. The van der Waals surface area contributed by atoms with Crippen molar-refractivity contribution in [2.24, 2.45) is 5.41 Å². The molecule has 1 aliphatic rings. The fourth-order valence-electron chi connectivity index (χ4n) is 3.27. The van der Waals surface area contributed by atoms with Gasteiger partial charge >= 0.3 is 0 Å². The number of benzene rings is 1.